The first-order chi connectivity index (χ1) is 28.4. The largest absolute Gasteiger partial charge is 0.493 e. The molecule has 3 rings (SSSR count). The van der Waals surface area contributed by atoms with Crippen LogP contribution < -0.4 is 24.3 Å². The summed E-state index contributed by atoms with van der Waals surface area (Å²) in [7, 11) is 6.36. The van der Waals surface area contributed by atoms with E-state index >= 15 is 0 Å². The van der Waals surface area contributed by atoms with E-state index in [0.717, 1.165) is 12.0 Å². The Kier molecular flexibility index (Phi) is 18.2. The van der Waals surface area contributed by atoms with Gasteiger partial charge in [0.1, 0.15) is 6.10 Å². The molecule has 0 radical (unpaired) electrons. The number of nitriles is 1. The SMILES string of the molecule is CCCC(C#N)CCC(c1ccc(OC)c(OC(OC(=O)CC(O)(CC(=O)O)C(=O)O)C(=O)NC2(C)CCCCC2O[N+](=O)[O-])c1)N(C)CCc1ccc(OC)c(OC)c1. The zero-order chi connectivity index (χ0) is 44.6. The molecule has 6 unspecified atom stereocenters. The highest BCUT2D eigenvalue weighted by atomic mass is 17.0. The van der Waals surface area contributed by atoms with Crippen molar-refractivity contribution >= 4 is 23.8 Å². The van der Waals surface area contributed by atoms with E-state index in [1.54, 1.807) is 32.4 Å². The highest BCUT2D eigenvalue weighted by molar-refractivity contribution is 5.90. The molecule has 19 heteroatoms. The summed E-state index contributed by atoms with van der Waals surface area (Å²) in [4.78, 5) is 68.9. The van der Waals surface area contributed by atoms with Crippen LogP contribution in [-0.4, -0.2) is 108 Å². The van der Waals surface area contributed by atoms with Crippen LogP contribution >= 0.6 is 0 Å². The van der Waals surface area contributed by atoms with Crippen LogP contribution in [0.4, 0.5) is 0 Å². The molecule has 1 aliphatic carbocycles. The van der Waals surface area contributed by atoms with Crippen molar-refractivity contribution in [3.05, 3.63) is 57.6 Å². The summed E-state index contributed by atoms with van der Waals surface area (Å²) in [5.74, 6) is -5.42. The number of hydrogen-bond donors (Lipinski definition) is 4. The summed E-state index contributed by atoms with van der Waals surface area (Å²) >= 11 is 0. The van der Waals surface area contributed by atoms with Gasteiger partial charge in [-0.25, -0.2) is 4.79 Å². The lowest BCUT2D eigenvalue weighted by atomic mass is 9.80. The van der Waals surface area contributed by atoms with Crippen LogP contribution in [0.2, 0.25) is 0 Å². The van der Waals surface area contributed by atoms with Crippen molar-refractivity contribution in [3.8, 4) is 29.1 Å². The number of nitrogens with one attached hydrogen (secondary N) is 1. The van der Waals surface area contributed by atoms with Crippen LogP contribution in [0.25, 0.3) is 0 Å². The average molecular weight is 845 g/mol. The Morgan fingerprint density at radius 3 is 2.27 bits per heavy atom. The third-order valence-corrected chi connectivity index (χ3v) is 10.6. The van der Waals surface area contributed by atoms with Gasteiger partial charge in [-0.2, -0.15) is 5.26 Å². The van der Waals surface area contributed by atoms with E-state index in [9.17, 15) is 49.9 Å². The molecule has 19 nitrogen and oxygen atoms in total. The predicted octanol–water partition coefficient (Wildman–Crippen LogP) is 4.60. The second kappa shape index (κ2) is 22.5. The second-order valence-electron chi connectivity index (χ2n) is 15.0. The molecule has 1 amide bonds. The highest BCUT2D eigenvalue weighted by Crippen LogP contribution is 2.37. The number of carbonyl (C=O) groups is 4. The summed E-state index contributed by atoms with van der Waals surface area (Å²) in [5, 5.41) is 52.3. The number of carboxylic acids is 2. The maximum absolute atomic E-state index is 14.1. The molecule has 0 spiro atoms. The van der Waals surface area contributed by atoms with Gasteiger partial charge in [-0.1, -0.05) is 38.3 Å². The van der Waals surface area contributed by atoms with Crippen LogP contribution in [0.15, 0.2) is 36.4 Å². The molecule has 60 heavy (non-hydrogen) atoms. The Morgan fingerprint density at radius 1 is 1.00 bits per heavy atom. The van der Waals surface area contributed by atoms with Crippen LogP contribution in [0.3, 0.4) is 0 Å². The van der Waals surface area contributed by atoms with E-state index in [1.165, 1.54) is 14.0 Å². The second-order valence-corrected chi connectivity index (χ2v) is 15.0. The number of methoxy groups -OCH3 is 3. The van der Waals surface area contributed by atoms with Gasteiger partial charge in [0.05, 0.1) is 45.8 Å². The monoisotopic (exact) mass is 844 g/mol. The number of benzene rings is 2. The summed E-state index contributed by atoms with van der Waals surface area (Å²) < 4.78 is 27.8. The van der Waals surface area contributed by atoms with Crippen molar-refractivity contribution in [3.63, 3.8) is 0 Å². The molecule has 0 aliphatic heterocycles. The summed E-state index contributed by atoms with van der Waals surface area (Å²) in [6.07, 6.45) is -1.28. The molecule has 2 aromatic rings. The molecule has 1 saturated carbocycles. The van der Waals surface area contributed by atoms with Gasteiger partial charge >= 0.3 is 30.1 Å². The van der Waals surface area contributed by atoms with Crippen LogP contribution in [0.1, 0.15) is 95.2 Å². The number of amides is 1. The van der Waals surface area contributed by atoms with Gasteiger partial charge in [0.2, 0.25) is 0 Å². The smallest absolute Gasteiger partial charge is 0.336 e. The molecular weight excluding hydrogens is 788 g/mol. The first-order valence-corrected chi connectivity index (χ1v) is 19.6. The van der Waals surface area contributed by atoms with Crippen molar-refractivity contribution < 1.29 is 68.1 Å². The van der Waals surface area contributed by atoms with Crippen LogP contribution in [0.5, 0.6) is 23.0 Å². The zero-order valence-electron chi connectivity index (χ0n) is 34.8. The zero-order valence-corrected chi connectivity index (χ0v) is 34.8. The number of rotatable bonds is 25. The van der Waals surface area contributed by atoms with Crippen LogP contribution in [-0.2, 0) is 35.2 Å². The van der Waals surface area contributed by atoms with Gasteiger partial charge < -0.3 is 49.2 Å². The third-order valence-electron chi connectivity index (χ3n) is 10.6. The number of carbonyl (C=O) groups excluding carboxylic acids is 2. The molecule has 0 aromatic heterocycles. The van der Waals surface area contributed by atoms with Gasteiger partial charge in [0.15, 0.2) is 28.6 Å². The summed E-state index contributed by atoms with van der Waals surface area (Å²) in [6.45, 7) is 4.07. The van der Waals surface area contributed by atoms with Gasteiger partial charge in [-0.15, -0.1) is 10.1 Å². The lowest BCUT2D eigenvalue weighted by molar-refractivity contribution is -0.771. The fourth-order valence-electron chi connectivity index (χ4n) is 7.28. The van der Waals surface area contributed by atoms with E-state index < -0.39 is 65.3 Å². The Labute approximate surface area is 348 Å². The Bertz CT molecular complexity index is 1850. The van der Waals surface area contributed by atoms with Gasteiger partial charge in [0, 0.05) is 18.5 Å². The molecule has 1 aliphatic rings. The molecular formula is C41H56N4O15. The minimum atomic E-state index is -3.10. The number of aliphatic hydroxyl groups is 1. The minimum absolute atomic E-state index is 0.0894. The maximum atomic E-state index is 14.1. The highest BCUT2D eigenvalue weighted by Gasteiger charge is 2.45. The van der Waals surface area contributed by atoms with E-state index in [0.29, 0.717) is 62.1 Å². The standard InChI is InChI=1S/C41H56N4O15/c1-7-10-27(25-42)12-15-29(44(3)20-18-26-13-16-30(55-4)32(21-26)57-6)28-14-17-31(56-5)33(22-28)58-38(59-36(48)24-41(52,39(50)51)23-35(46)47)37(49)43-40(2)19-9-8-11-34(40)60-45(53)54/h13-14,16-17,21-22,27,29,34,38,52H,7-12,15,18-20,23-24H2,1-6H3,(H,43,49)(H,46,47)(H,50,51). The summed E-state index contributed by atoms with van der Waals surface area (Å²) in [5.41, 5.74) is -2.82. The lowest BCUT2D eigenvalue weighted by Gasteiger charge is -2.40. The number of nitrogens with zero attached hydrogens (tertiary/aromatic N) is 3. The van der Waals surface area contributed by atoms with Crippen molar-refractivity contribution in [2.24, 2.45) is 5.92 Å². The Morgan fingerprint density at radius 2 is 1.67 bits per heavy atom. The molecule has 4 N–H and O–H groups in total. The Balaban J connectivity index is 2.05. The molecule has 330 valence electrons. The molecule has 0 bridgehead atoms. The minimum Gasteiger partial charge on any atom is -0.493 e. The average Bonchev–Trinajstić information content (AvgIpc) is 3.19. The Hall–Kier alpha value is -5.87. The number of esters is 1. The molecule has 6 atom stereocenters. The van der Waals surface area contributed by atoms with Gasteiger partial charge in [-0.3, -0.25) is 19.3 Å². The number of hydrogen-bond acceptors (Lipinski definition) is 15. The van der Waals surface area contributed by atoms with Crippen LogP contribution in [0, 0.1) is 27.4 Å². The maximum Gasteiger partial charge on any atom is 0.336 e. The number of carboxylic acid groups (broad SMARTS) is 2. The lowest BCUT2D eigenvalue weighted by Crippen LogP contribution is -2.60. The molecule has 1 fully saturated rings. The van der Waals surface area contributed by atoms with E-state index in [1.807, 2.05) is 32.2 Å². The number of ether oxygens (including phenoxy) is 5. The van der Waals surface area contributed by atoms with Crippen molar-refractivity contribution in [1.29, 1.82) is 5.26 Å². The predicted molar refractivity (Wildman–Crippen MR) is 212 cm³/mol. The van der Waals surface area contributed by atoms with Gasteiger partial charge in [0.25, 0.3) is 5.09 Å². The number of aliphatic carboxylic acids is 2. The summed E-state index contributed by atoms with van der Waals surface area (Å²) in [6, 6.07) is 12.6. The van der Waals surface area contributed by atoms with E-state index in [-0.39, 0.29) is 36.3 Å². The first kappa shape index (κ1) is 48.5. The quantitative estimate of drug-likeness (QED) is 0.0460. The van der Waals surface area contributed by atoms with Gasteiger partial charge in [-0.05, 0) is 87.9 Å². The van der Waals surface area contributed by atoms with E-state index in [4.69, 9.17) is 28.5 Å². The van der Waals surface area contributed by atoms with Crippen molar-refractivity contribution in [2.45, 2.75) is 114 Å². The molecule has 0 saturated heterocycles. The van der Waals surface area contributed by atoms with Crippen molar-refractivity contribution in [2.75, 3.05) is 34.9 Å². The molecule has 2 aromatic carbocycles. The van der Waals surface area contributed by atoms with E-state index in [2.05, 4.69) is 16.3 Å². The van der Waals surface area contributed by atoms with Crippen molar-refractivity contribution in [1.82, 2.24) is 10.2 Å². The topological polar surface area (TPSA) is 267 Å². The fraction of sp³-hybridized carbons (Fsp3) is 0.585. The fourth-order valence-corrected chi connectivity index (χ4v) is 7.28. The normalized spacial score (nSPS) is 18.7. The molecule has 0 heterocycles. The first-order valence-electron chi connectivity index (χ1n) is 19.6. The third kappa shape index (κ3) is 13.6. The number of likely N-dealkylation sites (N-methyl/N-ethyl adjacent to an activating group) is 1.